The average Bonchev–Trinajstić information content (AvgIpc) is 2.26. The summed E-state index contributed by atoms with van der Waals surface area (Å²) in [6.45, 7) is 4.47. The van der Waals surface area contributed by atoms with Gasteiger partial charge in [0.15, 0.2) is 12.1 Å². The Bertz CT molecular complexity index is 215. The molecular weight excluding hydrogens is 160 g/mol. The molecule has 0 bridgehead atoms. The first-order valence-electron chi connectivity index (χ1n) is 4.28. The minimum atomic E-state index is -0.515. The lowest BCUT2D eigenvalue weighted by molar-refractivity contribution is -0.253. The third-order valence-corrected chi connectivity index (χ3v) is 2.54. The van der Waals surface area contributed by atoms with Crippen molar-refractivity contribution in [1.82, 2.24) is 0 Å². The molecule has 4 nitrogen and oxygen atoms in total. The average molecular weight is 172 g/mol. The number of ether oxygens (including phenoxy) is 4. The van der Waals surface area contributed by atoms with Crippen LogP contribution in [0.25, 0.3) is 0 Å². The summed E-state index contributed by atoms with van der Waals surface area (Å²) >= 11 is 0. The van der Waals surface area contributed by atoms with Crippen LogP contribution in [0.15, 0.2) is 0 Å². The molecule has 0 unspecified atom stereocenters. The second-order valence-corrected chi connectivity index (χ2v) is 3.94. The van der Waals surface area contributed by atoms with Gasteiger partial charge in [0.05, 0.1) is 6.61 Å². The van der Waals surface area contributed by atoms with Crippen LogP contribution in [-0.2, 0) is 18.9 Å². The first-order chi connectivity index (χ1) is 5.66. The summed E-state index contributed by atoms with van der Waals surface area (Å²) in [5.41, 5.74) is 0. The van der Waals surface area contributed by atoms with Crippen LogP contribution in [0.4, 0.5) is 0 Å². The van der Waals surface area contributed by atoms with Crippen molar-refractivity contribution in [1.29, 1.82) is 0 Å². The third-order valence-electron chi connectivity index (χ3n) is 2.54. The Morgan fingerprint density at radius 1 is 1.17 bits per heavy atom. The van der Waals surface area contributed by atoms with Gasteiger partial charge in [0.25, 0.3) is 0 Å². The standard InChI is InChI=1S/C8H12O4/c1-8(2)11-6-5-4(3-9-5)10-7(6)12-8/h4-7H,3H2,1-2H3/t4-,5+,6-,7-/m1/s1. The van der Waals surface area contributed by atoms with Gasteiger partial charge in [0.1, 0.15) is 18.3 Å². The van der Waals surface area contributed by atoms with Gasteiger partial charge in [-0.25, -0.2) is 0 Å². The first kappa shape index (κ1) is 7.26. The quantitative estimate of drug-likeness (QED) is 0.525. The highest BCUT2D eigenvalue weighted by Crippen LogP contribution is 2.42. The van der Waals surface area contributed by atoms with Gasteiger partial charge in [-0.05, 0) is 13.8 Å². The fourth-order valence-corrected chi connectivity index (χ4v) is 1.97. The molecule has 0 radical (unpaired) electrons. The zero-order valence-corrected chi connectivity index (χ0v) is 7.15. The zero-order valence-electron chi connectivity index (χ0n) is 7.15. The van der Waals surface area contributed by atoms with Gasteiger partial charge >= 0.3 is 0 Å². The molecule has 3 aliphatic heterocycles. The number of fused-ring (bicyclic) bond motifs is 3. The van der Waals surface area contributed by atoms with E-state index in [1.54, 1.807) is 0 Å². The van der Waals surface area contributed by atoms with Crippen molar-refractivity contribution in [3.8, 4) is 0 Å². The SMILES string of the molecule is CC1(C)O[C@H]2O[C@@H]3CO[C@@H]3[C@H]2O1. The number of hydrogen-bond acceptors (Lipinski definition) is 4. The molecule has 0 aromatic heterocycles. The maximum Gasteiger partial charge on any atom is 0.190 e. The second kappa shape index (κ2) is 2.01. The normalized spacial score (nSPS) is 54.5. The minimum Gasteiger partial charge on any atom is -0.370 e. The Morgan fingerprint density at radius 3 is 2.67 bits per heavy atom. The fraction of sp³-hybridized carbons (Fsp3) is 1.00. The first-order valence-corrected chi connectivity index (χ1v) is 4.28. The Kier molecular flexibility index (Phi) is 1.22. The van der Waals surface area contributed by atoms with Crippen molar-refractivity contribution in [2.45, 2.75) is 44.2 Å². The largest absolute Gasteiger partial charge is 0.370 e. The maximum absolute atomic E-state index is 5.63. The fourth-order valence-electron chi connectivity index (χ4n) is 1.97. The Hall–Kier alpha value is -0.160. The van der Waals surface area contributed by atoms with Crippen LogP contribution in [0.5, 0.6) is 0 Å². The van der Waals surface area contributed by atoms with Crippen molar-refractivity contribution in [3.63, 3.8) is 0 Å². The zero-order chi connectivity index (χ0) is 8.34. The highest BCUT2D eigenvalue weighted by atomic mass is 16.9. The van der Waals surface area contributed by atoms with Gasteiger partial charge in [0, 0.05) is 0 Å². The van der Waals surface area contributed by atoms with E-state index in [4.69, 9.17) is 18.9 Å². The van der Waals surface area contributed by atoms with Crippen molar-refractivity contribution in [2.75, 3.05) is 6.61 Å². The monoisotopic (exact) mass is 172 g/mol. The summed E-state index contributed by atoms with van der Waals surface area (Å²) in [5.74, 6) is -0.515. The van der Waals surface area contributed by atoms with Crippen LogP contribution in [0.3, 0.4) is 0 Å². The topological polar surface area (TPSA) is 36.9 Å². The lowest BCUT2D eigenvalue weighted by atomic mass is 10.1. The molecule has 0 N–H and O–H groups in total. The van der Waals surface area contributed by atoms with Gasteiger partial charge in [0.2, 0.25) is 0 Å². The Labute approximate surface area is 70.7 Å². The van der Waals surface area contributed by atoms with E-state index in [1.807, 2.05) is 13.8 Å². The van der Waals surface area contributed by atoms with E-state index in [2.05, 4.69) is 0 Å². The van der Waals surface area contributed by atoms with Gasteiger partial charge in [-0.15, -0.1) is 0 Å². The van der Waals surface area contributed by atoms with Crippen LogP contribution in [0.2, 0.25) is 0 Å². The molecule has 4 heteroatoms. The molecular formula is C8H12O4. The van der Waals surface area contributed by atoms with Gasteiger partial charge in [-0.3, -0.25) is 0 Å². The molecule has 0 saturated carbocycles. The van der Waals surface area contributed by atoms with Crippen molar-refractivity contribution < 1.29 is 18.9 Å². The van der Waals surface area contributed by atoms with Crippen molar-refractivity contribution >= 4 is 0 Å². The van der Waals surface area contributed by atoms with E-state index >= 15 is 0 Å². The molecule has 0 amide bonds. The molecule has 4 atom stereocenters. The molecule has 68 valence electrons. The molecule has 3 rings (SSSR count). The van der Waals surface area contributed by atoms with E-state index in [1.165, 1.54) is 0 Å². The van der Waals surface area contributed by atoms with Crippen LogP contribution in [0.1, 0.15) is 13.8 Å². The molecule has 0 aliphatic carbocycles. The molecule has 0 aromatic carbocycles. The summed E-state index contributed by atoms with van der Waals surface area (Å²) < 4.78 is 22.0. The lowest BCUT2D eigenvalue weighted by Gasteiger charge is -2.32. The lowest BCUT2D eigenvalue weighted by Crippen LogP contribution is -2.48. The molecule has 3 fully saturated rings. The Morgan fingerprint density at radius 2 is 2.00 bits per heavy atom. The number of hydrogen-bond donors (Lipinski definition) is 0. The van der Waals surface area contributed by atoms with Gasteiger partial charge in [-0.1, -0.05) is 0 Å². The highest BCUT2D eigenvalue weighted by Gasteiger charge is 2.59. The van der Waals surface area contributed by atoms with E-state index < -0.39 is 5.79 Å². The highest BCUT2D eigenvalue weighted by molar-refractivity contribution is 4.98. The molecule has 3 saturated heterocycles. The third kappa shape index (κ3) is 0.808. The van der Waals surface area contributed by atoms with Crippen LogP contribution < -0.4 is 0 Å². The van der Waals surface area contributed by atoms with Crippen molar-refractivity contribution in [3.05, 3.63) is 0 Å². The molecule has 0 spiro atoms. The smallest absolute Gasteiger partial charge is 0.190 e. The van der Waals surface area contributed by atoms with Crippen LogP contribution in [-0.4, -0.2) is 37.0 Å². The summed E-state index contributed by atoms with van der Waals surface area (Å²) in [4.78, 5) is 0. The minimum absolute atomic E-state index is 0.0150. The number of rotatable bonds is 0. The van der Waals surface area contributed by atoms with Gasteiger partial charge < -0.3 is 18.9 Å². The summed E-state index contributed by atoms with van der Waals surface area (Å²) in [7, 11) is 0. The predicted molar refractivity (Wildman–Crippen MR) is 38.4 cm³/mol. The maximum atomic E-state index is 5.63. The predicted octanol–water partition coefficient (Wildman–Crippen LogP) is 0.262. The van der Waals surface area contributed by atoms with Crippen LogP contribution in [0, 0.1) is 0 Å². The molecule has 0 aromatic rings. The van der Waals surface area contributed by atoms with E-state index in [9.17, 15) is 0 Å². The summed E-state index contributed by atoms with van der Waals surface area (Å²) in [5, 5.41) is 0. The molecule has 3 heterocycles. The second-order valence-electron chi connectivity index (χ2n) is 3.94. The molecule has 3 aliphatic rings. The van der Waals surface area contributed by atoms with E-state index in [0.717, 1.165) is 0 Å². The van der Waals surface area contributed by atoms with Crippen LogP contribution >= 0.6 is 0 Å². The summed E-state index contributed by atoms with van der Waals surface area (Å²) in [6, 6.07) is 0. The summed E-state index contributed by atoms with van der Waals surface area (Å²) in [6.07, 6.45) is 0.0872. The van der Waals surface area contributed by atoms with Gasteiger partial charge in [-0.2, -0.15) is 0 Å². The van der Waals surface area contributed by atoms with E-state index in [-0.39, 0.29) is 24.6 Å². The Balaban J connectivity index is 1.81. The van der Waals surface area contributed by atoms with Crippen molar-refractivity contribution in [2.24, 2.45) is 0 Å². The van der Waals surface area contributed by atoms with E-state index in [0.29, 0.717) is 6.61 Å². The molecule has 12 heavy (non-hydrogen) atoms.